The summed E-state index contributed by atoms with van der Waals surface area (Å²) >= 11 is 0. The van der Waals surface area contributed by atoms with Crippen LogP contribution < -0.4 is 9.79 Å². The molecule has 0 aliphatic carbocycles. The molecule has 0 rings (SSSR count). The average molecular weight is 336 g/mol. The van der Waals surface area contributed by atoms with Crippen molar-refractivity contribution in [2.24, 2.45) is 0 Å². The third-order valence-electron chi connectivity index (χ3n) is 1.84. The molecule has 0 aromatic carbocycles. The summed E-state index contributed by atoms with van der Waals surface area (Å²) in [7, 11) is -5.86. The van der Waals surface area contributed by atoms with Crippen LogP contribution in [0.3, 0.4) is 0 Å². The van der Waals surface area contributed by atoms with Gasteiger partial charge in [-0.3, -0.25) is 0 Å². The van der Waals surface area contributed by atoms with Crippen LogP contribution in [-0.2, 0) is 28.6 Å². The van der Waals surface area contributed by atoms with Crippen LogP contribution in [0, 0.1) is 0 Å². The Morgan fingerprint density at radius 2 is 1.06 bits per heavy atom. The Hall–Kier alpha value is 1.00. The zero-order chi connectivity index (χ0) is 13.2. The standard InChI is InChI=1S/2C5H13O2P.Zn/c2*1-3-4-5-8(2,6)7;/h2*3-5H2,1-2H3,(H,6,7);/q;;+2/p-2. The number of rotatable bonds is 6. The van der Waals surface area contributed by atoms with Crippen molar-refractivity contribution >= 4 is 14.7 Å². The molecule has 2 atom stereocenters. The smallest absolute Gasteiger partial charge is 0.799 e. The van der Waals surface area contributed by atoms with Gasteiger partial charge in [0.05, 0.1) is 0 Å². The number of hydrogen-bond donors (Lipinski definition) is 0. The minimum atomic E-state index is -2.93. The molecule has 0 N–H and O–H groups in total. The van der Waals surface area contributed by atoms with Gasteiger partial charge in [-0.15, -0.1) is 0 Å². The third-order valence-corrected chi connectivity index (χ3v) is 4.09. The molecule has 4 nitrogen and oxygen atoms in total. The molecule has 0 saturated heterocycles. The van der Waals surface area contributed by atoms with Gasteiger partial charge in [0.15, 0.2) is 0 Å². The predicted molar refractivity (Wildman–Crippen MR) is 66.6 cm³/mol. The zero-order valence-electron chi connectivity index (χ0n) is 11.5. The molecule has 0 aromatic heterocycles. The number of unbranched alkanes of at least 4 members (excludes halogenated alkanes) is 2. The molecule has 0 saturated carbocycles. The molecular formula is C10H24O4P2Zn. The van der Waals surface area contributed by atoms with Crippen molar-refractivity contribution in [1.29, 1.82) is 0 Å². The Labute approximate surface area is 118 Å². The SMILES string of the molecule is CCCCP(C)(=O)[O-].CCCCP(C)(=O)[O-].[Zn+2]. The molecule has 100 valence electrons. The average Bonchev–Trinajstić information content (AvgIpc) is 2.10. The van der Waals surface area contributed by atoms with Gasteiger partial charge in [-0.05, 0) is 38.5 Å². The summed E-state index contributed by atoms with van der Waals surface area (Å²) in [5, 5.41) is 0. The molecule has 0 aliphatic heterocycles. The molecule has 0 bridgehead atoms. The molecule has 7 heteroatoms. The van der Waals surface area contributed by atoms with E-state index in [-0.39, 0.29) is 19.5 Å². The van der Waals surface area contributed by atoms with Gasteiger partial charge < -0.3 is 18.9 Å². The topological polar surface area (TPSA) is 80.3 Å². The molecular weight excluding hydrogens is 311 g/mol. The van der Waals surface area contributed by atoms with Gasteiger partial charge >= 0.3 is 19.5 Å². The first-order chi connectivity index (χ1) is 7.12. The van der Waals surface area contributed by atoms with E-state index >= 15 is 0 Å². The second kappa shape index (κ2) is 12.1. The first kappa shape index (κ1) is 23.1. The molecule has 0 fully saturated rings. The van der Waals surface area contributed by atoms with E-state index < -0.39 is 14.7 Å². The van der Waals surface area contributed by atoms with Gasteiger partial charge in [-0.2, -0.15) is 0 Å². The van der Waals surface area contributed by atoms with E-state index in [0.29, 0.717) is 12.3 Å². The summed E-state index contributed by atoms with van der Waals surface area (Å²) in [5.74, 6) is 0. The fourth-order valence-electron chi connectivity index (χ4n) is 0.891. The Bertz CT molecular complexity index is 221. The van der Waals surface area contributed by atoms with Gasteiger partial charge in [0.2, 0.25) is 0 Å². The van der Waals surface area contributed by atoms with Crippen molar-refractivity contribution in [3.63, 3.8) is 0 Å². The molecule has 0 spiro atoms. The second-order valence-corrected chi connectivity index (χ2v) is 9.13. The van der Waals surface area contributed by atoms with Crippen molar-refractivity contribution in [1.82, 2.24) is 0 Å². The molecule has 0 amide bonds. The molecule has 2 unspecified atom stereocenters. The summed E-state index contributed by atoms with van der Waals surface area (Å²) in [6.45, 7) is 6.55. The Kier molecular flexibility index (Phi) is 16.4. The van der Waals surface area contributed by atoms with Crippen molar-refractivity contribution < 1.29 is 38.4 Å². The van der Waals surface area contributed by atoms with Gasteiger partial charge in [0.25, 0.3) is 0 Å². The van der Waals surface area contributed by atoms with Crippen LogP contribution in [0.5, 0.6) is 0 Å². The maximum Gasteiger partial charge on any atom is 2.00 e. The normalized spacial score (nSPS) is 16.8. The Balaban J connectivity index is -0.000000218. The molecule has 0 aromatic rings. The summed E-state index contributed by atoms with van der Waals surface area (Å²) in [6.07, 6.45) is 4.25. The molecule has 0 heterocycles. The van der Waals surface area contributed by atoms with Crippen LogP contribution in [0.25, 0.3) is 0 Å². The van der Waals surface area contributed by atoms with E-state index in [0.717, 1.165) is 25.7 Å². The first-order valence-corrected chi connectivity index (χ1v) is 10.2. The summed E-state index contributed by atoms with van der Waals surface area (Å²) < 4.78 is 20.8. The predicted octanol–water partition coefficient (Wildman–Crippen LogP) is 2.11. The zero-order valence-corrected chi connectivity index (χ0v) is 16.2. The first-order valence-electron chi connectivity index (χ1n) is 5.67. The quantitative estimate of drug-likeness (QED) is 0.550. The molecule has 17 heavy (non-hydrogen) atoms. The van der Waals surface area contributed by atoms with Crippen molar-refractivity contribution in [3.8, 4) is 0 Å². The largest absolute Gasteiger partial charge is 2.00 e. The van der Waals surface area contributed by atoms with Gasteiger partial charge in [0.1, 0.15) is 0 Å². The van der Waals surface area contributed by atoms with Crippen molar-refractivity contribution in [3.05, 3.63) is 0 Å². The number of hydrogen-bond acceptors (Lipinski definition) is 4. The van der Waals surface area contributed by atoms with E-state index in [9.17, 15) is 18.9 Å². The summed E-state index contributed by atoms with van der Waals surface area (Å²) in [4.78, 5) is 20.8. The van der Waals surface area contributed by atoms with Crippen LogP contribution in [0.4, 0.5) is 0 Å². The maximum absolute atomic E-state index is 10.4. The van der Waals surface area contributed by atoms with Gasteiger partial charge in [-0.25, -0.2) is 0 Å². The van der Waals surface area contributed by atoms with E-state index in [2.05, 4.69) is 0 Å². The minimum Gasteiger partial charge on any atom is -0.799 e. The summed E-state index contributed by atoms with van der Waals surface area (Å²) in [5.41, 5.74) is 0. The van der Waals surface area contributed by atoms with Gasteiger partial charge in [-0.1, -0.05) is 26.7 Å². The van der Waals surface area contributed by atoms with Crippen LogP contribution >= 0.6 is 14.7 Å². The van der Waals surface area contributed by atoms with E-state index in [1.54, 1.807) is 0 Å². The van der Waals surface area contributed by atoms with E-state index in [1.807, 2.05) is 13.8 Å². The van der Waals surface area contributed by atoms with Crippen LogP contribution in [-0.4, -0.2) is 25.7 Å². The fraction of sp³-hybridized carbons (Fsp3) is 1.00. The van der Waals surface area contributed by atoms with E-state index in [4.69, 9.17) is 0 Å². The van der Waals surface area contributed by atoms with Gasteiger partial charge in [0, 0.05) is 14.7 Å². The molecule has 0 aliphatic rings. The summed E-state index contributed by atoms with van der Waals surface area (Å²) in [6, 6.07) is 0. The Morgan fingerprint density at radius 3 is 1.12 bits per heavy atom. The minimum absolute atomic E-state index is 0. The monoisotopic (exact) mass is 334 g/mol. The van der Waals surface area contributed by atoms with Crippen molar-refractivity contribution in [2.45, 2.75) is 39.5 Å². The van der Waals surface area contributed by atoms with Crippen LogP contribution in [0.15, 0.2) is 0 Å². The van der Waals surface area contributed by atoms with Crippen molar-refractivity contribution in [2.75, 3.05) is 25.7 Å². The maximum atomic E-state index is 10.4. The third kappa shape index (κ3) is 31.6. The fourth-order valence-corrected chi connectivity index (χ4v) is 2.67. The van der Waals surface area contributed by atoms with Crippen LogP contribution in [0.2, 0.25) is 0 Å². The van der Waals surface area contributed by atoms with E-state index in [1.165, 1.54) is 13.3 Å². The van der Waals surface area contributed by atoms with Crippen LogP contribution in [0.1, 0.15) is 39.5 Å². The molecule has 0 radical (unpaired) electrons. The Morgan fingerprint density at radius 1 is 0.824 bits per heavy atom. The second-order valence-electron chi connectivity index (χ2n) is 4.18.